The predicted molar refractivity (Wildman–Crippen MR) is 68.7 cm³/mol. The number of nitrogens with zero attached hydrogens (tertiary/aromatic N) is 1. The average Bonchev–Trinajstić information content (AvgIpc) is 2.64. The van der Waals surface area contributed by atoms with E-state index in [9.17, 15) is 4.79 Å². The zero-order chi connectivity index (χ0) is 11.5. The molecule has 16 heavy (non-hydrogen) atoms. The zero-order valence-corrected chi connectivity index (χ0v) is 10.7. The smallest absolute Gasteiger partial charge is 0.188 e. The van der Waals surface area contributed by atoms with E-state index in [1.165, 1.54) is 0 Å². The summed E-state index contributed by atoms with van der Waals surface area (Å²) in [5.41, 5.74) is 6.48. The first-order valence-electron chi connectivity index (χ1n) is 4.63. The van der Waals surface area contributed by atoms with Crippen LogP contribution < -0.4 is 5.73 Å². The first-order chi connectivity index (χ1) is 7.66. The molecule has 82 valence electrons. The van der Waals surface area contributed by atoms with Crippen molar-refractivity contribution in [3.8, 4) is 0 Å². The first-order valence-corrected chi connectivity index (χ1v) is 6.30. The Balaban J connectivity index is 2.18. The highest BCUT2D eigenvalue weighted by molar-refractivity contribution is 9.10. The Morgan fingerprint density at radius 2 is 2.38 bits per heavy atom. The molecule has 0 aliphatic heterocycles. The summed E-state index contributed by atoms with van der Waals surface area (Å²) < 4.78 is 0.995. The second kappa shape index (κ2) is 4.76. The number of carbonyl (C=O) groups excluding carboxylic acids is 1. The van der Waals surface area contributed by atoms with Crippen molar-refractivity contribution < 1.29 is 4.79 Å². The summed E-state index contributed by atoms with van der Waals surface area (Å²) in [7, 11) is 0. The highest BCUT2D eigenvalue weighted by Gasteiger charge is 2.12. The van der Waals surface area contributed by atoms with E-state index in [2.05, 4.69) is 20.9 Å². The van der Waals surface area contributed by atoms with Gasteiger partial charge in [0, 0.05) is 27.3 Å². The minimum absolute atomic E-state index is 0.0487. The summed E-state index contributed by atoms with van der Waals surface area (Å²) in [6.45, 7) is 0. The molecular weight excluding hydrogens is 288 g/mol. The van der Waals surface area contributed by atoms with Crippen LogP contribution >= 0.6 is 27.3 Å². The maximum Gasteiger partial charge on any atom is 0.188 e. The fourth-order valence-corrected chi connectivity index (χ4v) is 2.79. The lowest BCUT2D eigenvalue weighted by Crippen LogP contribution is -2.08. The predicted octanol–water partition coefficient (Wildman–Crippen LogP) is 2.91. The lowest BCUT2D eigenvalue weighted by molar-refractivity contribution is 0.0990. The molecule has 3 nitrogen and oxygen atoms in total. The fraction of sp³-hybridized carbons (Fsp3) is 0.0909. The minimum Gasteiger partial charge on any atom is -0.397 e. The van der Waals surface area contributed by atoms with Crippen LogP contribution in [0.4, 0.5) is 5.69 Å². The molecule has 0 aromatic carbocycles. The molecule has 0 aliphatic rings. The monoisotopic (exact) mass is 296 g/mol. The molecule has 0 aliphatic carbocycles. The molecular formula is C11H9BrN2OS. The van der Waals surface area contributed by atoms with Crippen LogP contribution in [-0.2, 0) is 6.42 Å². The number of nitrogens with two attached hydrogens (primary N) is 1. The number of hydrogen-bond acceptors (Lipinski definition) is 4. The van der Waals surface area contributed by atoms with Gasteiger partial charge in [-0.25, -0.2) is 0 Å². The van der Waals surface area contributed by atoms with Crippen molar-refractivity contribution in [2.24, 2.45) is 0 Å². The highest BCUT2D eigenvalue weighted by Crippen LogP contribution is 2.21. The van der Waals surface area contributed by atoms with Crippen molar-refractivity contribution in [2.75, 3.05) is 5.73 Å². The van der Waals surface area contributed by atoms with Crippen molar-refractivity contribution in [3.63, 3.8) is 0 Å². The summed E-state index contributed by atoms with van der Waals surface area (Å²) in [6.07, 6.45) is 1.92. The van der Waals surface area contributed by atoms with Crippen LogP contribution in [0.5, 0.6) is 0 Å². The molecule has 0 fully saturated rings. The standard InChI is InChI=1S/C11H9BrN2OS/c12-7-4-8(16-6-7)5-10(15)11-9(13)2-1-3-14-11/h1-4,6H,5,13H2. The fourth-order valence-electron chi connectivity index (χ4n) is 1.34. The number of rotatable bonds is 3. The van der Waals surface area contributed by atoms with E-state index in [0.717, 1.165) is 9.35 Å². The normalized spacial score (nSPS) is 10.3. The molecule has 2 N–H and O–H groups in total. The van der Waals surface area contributed by atoms with E-state index < -0.39 is 0 Å². The second-order valence-electron chi connectivity index (χ2n) is 3.27. The molecule has 2 heterocycles. The van der Waals surface area contributed by atoms with Gasteiger partial charge in [-0.05, 0) is 34.1 Å². The van der Waals surface area contributed by atoms with Gasteiger partial charge in [0.2, 0.25) is 0 Å². The summed E-state index contributed by atoms with van der Waals surface area (Å²) >= 11 is 4.89. The molecule has 2 aromatic rings. The van der Waals surface area contributed by atoms with Crippen LogP contribution in [-0.4, -0.2) is 10.8 Å². The number of pyridine rings is 1. The largest absolute Gasteiger partial charge is 0.397 e. The van der Waals surface area contributed by atoms with Gasteiger partial charge in [0.25, 0.3) is 0 Å². The van der Waals surface area contributed by atoms with Gasteiger partial charge in [0.1, 0.15) is 5.69 Å². The maximum absolute atomic E-state index is 11.9. The molecule has 0 bridgehead atoms. The van der Waals surface area contributed by atoms with Gasteiger partial charge >= 0.3 is 0 Å². The lowest BCUT2D eigenvalue weighted by atomic mass is 10.1. The van der Waals surface area contributed by atoms with E-state index in [1.54, 1.807) is 29.7 Å². The molecule has 0 atom stereocenters. The van der Waals surface area contributed by atoms with E-state index in [-0.39, 0.29) is 5.78 Å². The number of halogens is 1. The molecule has 2 rings (SSSR count). The minimum atomic E-state index is -0.0487. The summed E-state index contributed by atoms with van der Waals surface area (Å²) in [5, 5.41) is 1.95. The number of nitrogen functional groups attached to an aromatic ring is 1. The number of thiophene rings is 1. The van der Waals surface area contributed by atoms with Gasteiger partial charge in [-0.15, -0.1) is 11.3 Å². The van der Waals surface area contributed by atoms with E-state index >= 15 is 0 Å². The van der Waals surface area contributed by atoms with Crippen LogP contribution in [0.2, 0.25) is 0 Å². The number of ketones is 1. The first kappa shape index (κ1) is 11.3. The number of aromatic nitrogens is 1. The Morgan fingerprint density at radius 3 is 3.00 bits per heavy atom. The van der Waals surface area contributed by atoms with Gasteiger partial charge in [-0.1, -0.05) is 0 Å². The number of anilines is 1. The summed E-state index contributed by atoms with van der Waals surface area (Å²) in [4.78, 5) is 16.9. The molecule has 0 amide bonds. The van der Waals surface area contributed by atoms with Gasteiger partial charge in [-0.3, -0.25) is 9.78 Å². The molecule has 0 spiro atoms. The quantitative estimate of drug-likeness (QED) is 0.886. The highest BCUT2D eigenvalue weighted by atomic mass is 79.9. The number of carbonyl (C=O) groups is 1. The zero-order valence-electron chi connectivity index (χ0n) is 8.31. The van der Waals surface area contributed by atoms with Crippen molar-refractivity contribution in [1.29, 1.82) is 0 Å². The van der Waals surface area contributed by atoms with Gasteiger partial charge < -0.3 is 5.73 Å². The molecule has 0 radical (unpaired) electrons. The van der Waals surface area contributed by atoms with Gasteiger partial charge in [-0.2, -0.15) is 0 Å². The Labute approximate surface area is 105 Å². The maximum atomic E-state index is 11.9. The van der Waals surface area contributed by atoms with Crippen molar-refractivity contribution in [3.05, 3.63) is 44.8 Å². The van der Waals surface area contributed by atoms with Crippen LogP contribution in [0.3, 0.4) is 0 Å². The van der Waals surface area contributed by atoms with Gasteiger partial charge in [0.15, 0.2) is 5.78 Å². The van der Waals surface area contributed by atoms with E-state index in [0.29, 0.717) is 17.8 Å². The summed E-state index contributed by atoms with van der Waals surface area (Å²) in [5.74, 6) is -0.0487. The Hall–Kier alpha value is -1.20. The Bertz CT molecular complexity index is 524. The van der Waals surface area contributed by atoms with E-state index in [1.807, 2.05) is 11.4 Å². The van der Waals surface area contributed by atoms with Crippen LogP contribution in [0.25, 0.3) is 0 Å². The molecule has 0 saturated heterocycles. The molecule has 2 aromatic heterocycles. The van der Waals surface area contributed by atoms with Crippen molar-refractivity contribution in [2.45, 2.75) is 6.42 Å². The lowest BCUT2D eigenvalue weighted by Gasteiger charge is -2.01. The summed E-state index contributed by atoms with van der Waals surface area (Å²) in [6, 6.07) is 5.33. The molecule has 0 unspecified atom stereocenters. The van der Waals surface area contributed by atoms with Gasteiger partial charge in [0.05, 0.1) is 5.69 Å². The Morgan fingerprint density at radius 1 is 1.56 bits per heavy atom. The SMILES string of the molecule is Nc1cccnc1C(=O)Cc1cc(Br)cs1. The number of hydrogen-bond donors (Lipinski definition) is 1. The third-order valence-corrected chi connectivity index (χ3v) is 3.76. The van der Waals surface area contributed by atoms with Crippen LogP contribution in [0, 0.1) is 0 Å². The second-order valence-corrected chi connectivity index (χ2v) is 5.18. The Kier molecular flexibility index (Phi) is 3.36. The third kappa shape index (κ3) is 2.48. The van der Waals surface area contributed by atoms with Crippen LogP contribution in [0.1, 0.15) is 15.4 Å². The third-order valence-electron chi connectivity index (χ3n) is 2.06. The van der Waals surface area contributed by atoms with Crippen LogP contribution in [0.15, 0.2) is 34.2 Å². The molecule has 5 heteroatoms. The van der Waals surface area contributed by atoms with Crippen molar-refractivity contribution >= 4 is 38.7 Å². The van der Waals surface area contributed by atoms with E-state index in [4.69, 9.17) is 5.73 Å². The topological polar surface area (TPSA) is 56.0 Å². The number of Topliss-reactive ketones (excluding diaryl/α,β-unsaturated/α-hetero) is 1. The average molecular weight is 297 g/mol. The molecule has 0 saturated carbocycles. The van der Waals surface area contributed by atoms with Crippen molar-refractivity contribution in [1.82, 2.24) is 4.98 Å².